The van der Waals surface area contributed by atoms with Gasteiger partial charge in [-0.15, -0.1) is 23.4 Å². The molecule has 0 radical (unpaired) electrons. The fraction of sp³-hybridized carbons (Fsp3) is 0.222. The van der Waals surface area contributed by atoms with Gasteiger partial charge in [-0.2, -0.15) is 0 Å². The number of thioether (sulfide) groups is 1. The van der Waals surface area contributed by atoms with Crippen LogP contribution in [0.15, 0.2) is 29.2 Å². The van der Waals surface area contributed by atoms with Gasteiger partial charge in [-0.05, 0) is 30.5 Å². The summed E-state index contributed by atoms with van der Waals surface area (Å²) in [6.07, 6.45) is 2.01. The van der Waals surface area contributed by atoms with Crippen molar-refractivity contribution in [2.24, 2.45) is 0 Å². The number of nitrogens with one attached hydrogen (secondary N) is 1. The second kappa shape index (κ2) is 5.14. The first-order valence-corrected chi connectivity index (χ1v) is 5.52. The maximum atomic E-state index is 10.9. The molecule has 1 amide bonds. The minimum atomic E-state index is -0.182. The molecule has 0 heterocycles. The number of alkyl halides is 1. The monoisotopic (exact) mass is 215 g/mol. The molecule has 1 aromatic carbocycles. The number of hydrogen-bond acceptors (Lipinski definition) is 2. The minimum absolute atomic E-state index is 0.00964. The minimum Gasteiger partial charge on any atom is -0.325 e. The standard InChI is InChI=1S/C9H10ClNOS/c1-13-8-4-2-7(3-5-8)11-9(12)6-10/h2-5H,6H2,1H3,(H,11,12). The molecule has 0 spiro atoms. The first-order valence-electron chi connectivity index (χ1n) is 3.76. The molecule has 13 heavy (non-hydrogen) atoms. The Labute approximate surface area is 86.7 Å². The third-order valence-electron chi connectivity index (χ3n) is 1.50. The van der Waals surface area contributed by atoms with Gasteiger partial charge in [-0.3, -0.25) is 4.79 Å². The van der Waals surface area contributed by atoms with E-state index in [4.69, 9.17) is 11.6 Å². The largest absolute Gasteiger partial charge is 0.325 e. The molecule has 1 rings (SSSR count). The van der Waals surface area contributed by atoms with E-state index < -0.39 is 0 Å². The van der Waals surface area contributed by atoms with Crippen LogP contribution >= 0.6 is 23.4 Å². The van der Waals surface area contributed by atoms with Gasteiger partial charge in [0.15, 0.2) is 0 Å². The number of rotatable bonds is 3. The normalized spacial score (nSPS) is 9.69. The number of anilines is 1. The topological polar surface area (TPSA) is 29.1 Å². The number of benzene rings is 1. The van der Waals surface area contributed by atoms with Crippen molar-refractivity contribution < 1.29 is 4.79 Å². The van der Waals surface area contributed by atoms with Crippen LogP contribution in [0.5, 0.6) is 0 Å². The van der Waals surface area contributed by atoms with Crippen LogP contribution in [-0.2, 0) is 4.79 Å². The van der Waals surface area contributed by atoms with Crippen LogP contribution in [0.1, 0.15) is 0 Å². The molecule has 2 nitrogen and oxygen atoms in total. The highest BCUT2D eigenvalue weighted by atomic mass is 35.5. The molecular formula is C9H10ClNOS. The van der Waals surface area contributed by atoms with E-state index in [0.717, 1.165) is 5.69 Å². The Balaban J connectivity index is 2.64. The van der Waals surface area contributed by atoms with Gasteiger partial charge >= 0.3 is 0 Å². The van der Waals surface area contributed by atoms with Gasteiger partial charge in [0.1, 0.15) is 5.88 Å². The summed E-state index contributed by atoms with van der Waals surface area (Å²) in [5, 5.41) is 2.66. The van der Waals surface area contributed by atoms with E-state index in [1.165, 1.54) is 4.90 Å². The molecule has 0 saturated heterocycles. The van der Waals surface area contributed by atoms with Gasteiger partial charge in [0.05, 0.1) is 0 Å². The maximum absolute atomic E-state index is 10.9. The van der Waals surface area contributed by atoms with Crippen LogP contribution in [0, 0.1) is 0 Å². The van der Waals surface area contributed by atoms with E-state index in [-0.39, 0.29) is 11.8 Å². The number of carbonyl (C=O) groups excluding carboxylic acids is 1. The van der Waals surface area contributed by atoms with Gasteiger partial charge in [-0.25, -0.2) is 0 Å². The zero-order valence-corrected chi connectivity index (χ0v) is 8.78. The van der Waals surface area contributed by atoms with Gasteiger partial charge in [-0.1, -0.05) is 0 Å². The summed E-state index contributed by atoms with van der Waals surface area (Å²) in [5.74, 6) is -0.192. The molecule has 0 aromatic heterocycles. The molecule has 0 aliphatic heterocycles. The SMILES string of the molecule is CSc1ccc(NC(=O)CCl)cc1. The fourth-order valence-electron chi connectivity index (χ4n) is 0.869. The molecule has 0 saturated carbocycles. The number of hydrogen-bond donors (Lipinski definition) is 1. The van der Waals surface area contributed by atoms with Crippen molar-refractivity contribution >= 4 is 35.0 Å². The lowest BCUT2D eigenvalue weighted by Crippen LogP contribution is -2.12. The summed E-state index contributed by atoms with van der Waals surface area (Å²) in [6, 6.07) is 7.62. The maximum Gasteiger partial charge on any atom is 0.239 e. The van der Waals surface area contributed by atoms with Crippen LogP contribution < -0.4 is 5.32 Å². The van der Waals surface area contributed by atoms with Crippen LogP contribution in [0.2, 0.25) is 0 Å². The van der Waals surface area contributed by atoms with Crippen molar-refractivity contribution in [3.05, 3.63) is 24.3 Å². The smallest absolute Gasteiger partial charge is 0.239 e. The van der Waals surface area contributed by atoms with Gasteiger partial charge in [0, 0.05) is 10.6 Å². The Morgan fingerprint density at radius 2 is 2.08 bits per heavy atom. The van der Waals surface area contributed by atoms with Crippen LogP contribution in [0.3, 0.4) is 0 Å². The quantitative estimate of drug-likeness (QED) is 0.620. The van der Waals surface area contributed by atoms with Gasteiger partial charge in [0.2, 0.25) is 5.91 Å². The van der Waals surface area contributed by atoms with Gasteiger partial charge in [0.25, 0.3) is 0 Å². The molecular weight excluding hydrogens is 206 g/mol. The summed E-state index contributed by atoms with van der Waals surface area (Å²) >= 11 is 7.01. The lowest BCUT2D eigenvalue weighted by molar-refractivity contribution is -0.113. The second-order valence-corrected chi connectivity index (χ2v) is 3.56. The molecule has 0 aliphatic carbocycles. The highest BCUT2D eigenvalue weighted by Crippen LogP contribution is 2.17. The number of halogens is 1. The predicted octanol–water partition coefficient (Wildman–Crippen LogP) is 2.59. The van der Waals surface area contributed by atoms with E-state index in [1.54, 1.807) is 11.8 Å². The van der Waals surface area contributed by atoms with E-state index in [2.05, 4.69) is 5.32 Å². The van der Waals surface area contributed by atoms with Crippen LogP contribution in [-0.4, -0.2) is 18.0 Å². The lowest BCUT2D eigenvalue weighted by atomic mass is 10.3. The van der Waals surface area contributed by atoms with Crippen molar-refractivity contribution in [1.29, 1.82) is 0 Å². The van der Waals surface area contributed by atoms with E-state index in [9.17, 15) is 4.79 Å². The summed E-state index contributed by atoms with van der Waals surface area (Å²) in [4.78, 5) is 12.1. The molecule has 4 heteroatoms. The van der Waals surface area contributed by atoms with Crippen LogP contribution in [0.4, 0.5) is 5.69 Å². The van der Waals surface area contributed by atoms with Crippen molar-refractivity contribution in [1.82, 2.24) is 0 Å². The first-order chi connectivity index (χ1) is 6.26. The molecule has 1 N–H and O–H groups in total. The predicted molar refractivity (Wildman–Crippen MR) is 57.6 cm³/mol. The second-order valence-electron chi connectivity index (χ2n) is 2.41. The summed E-state index contributed by atoms with van der Waals surface area (Å²) in [6.45, 7) is 0. The van der Waals surface area contributed by atoms with Gasteiger partial charge < -0.3 is 5.32 Å². The number of carbonyl (C=O) groups is 1. The first kappa shape index (κ1) is 10.4. The molecule has 0 bridgehead atoms. The van der Waals surface area contributed by atoms with E-state index in [1.807, 2.05) is 30.5 Å². The summed E-state index contributed by atoms with van der Waals surface area (Å²) in [5.41, 5.74) is 0.781. The Morgan fingerprint density at radius 3 is 2.54 bits per heavy atom. The lowest BCUT2D eigenvalue weighted by Gasteiger charge is -2.02. The Hall–Kier alpha value is -0.670. The summed E-state index contributed by atoms with van der Waals surface area (Å²) in [7, 11) is 0. The van der Waals surface area contributed by atoms with Crippen LogP contribution in [0.25, 0.3) is 0 Å². The highest BCUT2D eigenvalue weighted by Gasteiger charge is 1.98. The fourth-order valence-corrected chi connectivity index (χ4v) is 1.34. The average molecular weight is 216 g/mol. The molecule has 0 unspecified atom stereocenters. The zero-order chi connectivity index (χ0) is 9.68. The molecule has 0 atom stereocenters. The molecule has 0 fully saturated rings. The van der Waals surface area contributed by atoms with E-state index in [0.29, 0.717) is 0 Å². The average Bonchev–Trinajstić information content (AvgIpc) is 2.19. The molecule has 1 aromatic rings. The molecule has 0 aliphatic rings. The highest BCUT2D eigenvalue weighted by molar-refractivity contribution is 7.98. The molecule has 70 valence electrons. The third kappa shape index (κ3) is 3.28. The Bertz CT molecular complexity index is 286. The number of amides is 1. The van der Waals surface area contributed by atoms with Crippen molar-refractivity contribution in [3.8, 4) is 0 Å². The van der Waals surface area contributed by atoms with Crippen molar-refractivity contribution in [2.45, 2.75) is 4.90 Å². The third-order valence-corrected chi connectivity index (χ3v) is 2.48. The summed E-state index contributed by atoms with van der Waals surface area (Å²) < 4.78 is 0. The van der Waals surface area contributed by atoms with Crippen molar-refractivity contribution in [2.75, 3.05) is 17.5 Å². The Morgan fingerprint density at radius 1 is 1.46 bits per heavy atom. The zero-order valence-electron chi connectivity index (χ0n) is 7.21. The van der Waals surface area contributed by atoms with Crippen molar-refractivity contribution in [3.63, 3.8) is 0 Å². The Kier molecular flexibility index (Phi) is 4.12. The van der Waals surface area contributed by atoms with E-state index >= 15 is 0 Å².